The molecular weight excluding hydrogens is 678 g/mol. The summed E-state index contributed by atoms with van der Waals surface area (Å²) >= 11 is 0. The number of unbranched alkanes of at least 4 members (excludes halogenated alkanes) is 10. The highest BCUT2D eigenvalue weighted by Crippen LogP contribution is 2.30. The minimum Gasteiger partial charge on any atom is -0.394 e. The lowest BCUT2D eigenvalue weighted by Crippen LogP contribution is -2.65. The summed E-state index contributed by atoms with van der Waals surface area (Å²) in [6.07, 6.45) is 7.30. The van der Waals surface area contributed by atoms with Crippen molar-refractivity contribution in [2.45, 2.75) is 190 Å². The molecule has 0 aromatic rings. The van der Waals surface area contributed by atoms with Gasteiger partial charge < -0.3 is 65.1 Å². The first-order valence-corrected chi connectivity index (χ1v) is 19.6. The lowest BCUT2D eigenvalue weighted by atomic mass is 9.97. The summed E-state index contributed by atoms with van der Waals surface area (Å²) in [4.78, 5) is 12.9. The second-order valence-electron chi connectivity index (χ2n) is 14.1. The van der Waals surface area contributed by atoms with Crippen LogP contribution in [0.25, 0.3) is 0 Å². The van der Waals surface area contributed by atoms with E-state index in [0.29, 0.717) is 12.8 Å². The Kier molecular flexibility index (Phi) is 24.3. The molecule has 12 atom stereocenters. The molecule has 0 radical (unpaired) electrons. The number of carbonyl (C=O) groups is 1. The van der Waals surface area contributed by atoms with Crippen molar-refractivity contribution in [3.05, 3.63) is 24.3 Å². The Morgan fingerprint density at radius 1 is 0.692 bits per heavy atom. The van der Waals surface area contributed by atoms with Gasteiger partial charge in [0.1, 0.15) is 48.8 Å². The first kappa shape index (κ1) is 46.6. The molecular formula is C38H69NO13. The number of amides is 1. The molecule has 14 nitrogen and oxygen atoms in total. The zero-order valence-corrected chi connectivity index (χ0v) is 31.3. The van der Waals surface area contributed by atoms with Crippen molar-refractivity contribution in [2.24, 2.45) is 0 Å². The Morgan fingerprint density at radius 3 is 1.92 bits per heavy atom. The van der Waals surface area contributed by atoms with Gasteiger partial charge in [-0.1, -0.05) is 89.5 Å². The first-order chi connectivity index (χ1) is 25.1. The molecule has 14 heteroatoms. The quantitative estimate of drug-likeness (QED) is 0.0433. The number of hydrogen-bond donors (Lipinski definition) is 9. The minimum absolute atomic E-state index is 0.236. The number of aliphatic hydroxyl groups is 8. The average molecular weight is 748 g/mol. The molecule has 0 aromatic carbocycles. The molecule has 2 rings (SSSR count). The Labute approximate surface area is 309 Å². The topological polar surface area (TPSA) is 228 Å². The number of rotatable bonds is 27. The number of ether oxygens (including phenoxy) is 4. The van der Waals surface area contributed by atoms with Crippen LogP contribution < -0.4 is 5.32 Å². The van der Waals surface area contributed by atoms with E-state index in [-0.39, 0.29) is 18.9 Å². The number of carbonyl (C=O) groups excluding carboxylic acids is 1. The van der Waals surface area contributed by atoms with Crippen molar-refractivity contribution in [1.82, 2.24) is 5.32 Å². The van der Waals surface area contributed by atoms with E-state index in [2.05, 4.69) is 36.5 Å². The minimum atomic E-state index is -1.78. The summed E-state index contributed by atoms with van der Waals surface area (Å²) in [7, 11) is 0. The highest BCUT2D eigenvalue weighted by molar-refractivity contribution is 5.76. The predicted molar refractivity (Wildman–Crippen MR) is 194 cm³/mol. The summed E-state index contributed by atoms with van der Waals surface area (Å²) < 4.78 is 22.4. The Morgan fingerprint density at radius 2 is 1.27 bits per heavy atom. The van der Waals surface area contributed by atoms with Crippen molar-refractivity contribution >= 4 is 5.91 Å². The van der Waals surface area contributed by atoms with Crippen LogP contribution in [0.1, 0.15) is 117 Å². The van der Waals surface area contributed by atoms with E-state index in [0.717, 1.165) is 64.2 Å². The van der Waals surface area contributed by atoms with Gasteiger partial charge in [0.15, 0.2) is 12.6 Å². The predicted octanol–water partition coefficient (Wildman–Crippen LogP) is 1.87. The molecule has 0 aromatic heterocycles. The van der Waals surface area contributed by atoms with Gasteiger partial charge in [0.05, 0.1) is 32.0 Å². The van der Waals surface area contributed by atoms with Gasteiger partial charge in [-0.25, -0.2) is 0 Å². The van der Waals surface area contributed by atoms with E-state index in [1.54, 1.807) is 0 Å². The number of allylic oxidation sites excluding steroid dienone is 4. The number of nitrogens with one attached hydrogen (secondary N) is 1. The van der Waals surface area contributed by atoms with Crippen LogP contribution in [-0.2, 0) is 23.7 Å². The molecule has 9 N–H and O–H groups in total. The summed E-state index contributed by atoms with van der Waals surface area (Å²) in [5.74, 6) is -0.236. The molecule has 0 bridgehead atoms. The van der Waals surface area contributed by atoms with Gasteiger partial charge in [0.2, 0.25) is 5.91 Å². The van der Waals surface area contributed by atoms with Crippen molar-refractivity contribution in [3.8, 4) is 0 Å². The maximum absolute atomic E-state index is 12.9. The smallest absolute Gasteiger partial charge is 0.220 e. The van der Waals surface area contributed by atoms with Gasteiger partial charge in [-0.3, -0.25) is 4.79 Å². The van der Waals surface area contributed by atoms with Crippen molar-refractivity contribution in [3.63, 3.8) is 0 Å². The van der Waals surface area contributed by atoms with Crippen molar-refractivity contribution in [1.29, 1.82) is 0 Å². The third-order valence-electron chi connectivity index (χ3n) is 9.67. The second kappa shape index (κ2) is 27.1. The van der Waals surface area contributed by atoms with Crippen LogP contribution >= 0.6 is 0 Å². The van der Waals surface area contributed by atoms with E-state index in [1.165, 1.54) is 19.3 Å². The number of aliphatic hydroxyl groups excluding tert-OH is 8. The monoisotopic (exact) mass is 747 g/mol. The maximum atomic E-state index is 12.9. The van der Waals surface area contributed by atoms with Gasteiger partial charge in [-0.05, 0) is 44.9 Å². The van der Waals surface area contributed by atoms with Crippen LogP contribution in [0.4, 0.5) is 0 Å². The Balaban J connectivity index is 1.83. The van der Waals surface area contributed by atoms with Gasteiger partial charge in [0, 0.05) is 6.42 Å². The average Bonchev–Trinajstić information content (AvgIpc) is 3.14. The van der Waals surface area contributed by atoms with Crippen LogP contribution in [-0.4, -0.2) is 140 Å². The van der Waals surface area contributed by atoms with E-state index in [1.807, 2.05) is 6.92 Å². The highest BCUT2D eigenvalue weighted by atomic mass is 16.7. The van der Waals surface area contributed by atoms with Crippen LogP contribution in [0.5, 0.6) is 0 Å². The molecule has 0 spiro atoms. The van der Waals surface area contributed by atoms with Gasteiger partial charge in [0.25, 0.3) is 0 Å². The summed E-state index contributed by atoms with van der Waals surface area (Å²) in [5, 5.41) is 85.6. The summed E-state index contributed by atoms with van der Waals surface area (Å²) in [6, 6.07) is -0.828. The molecule has 304 valence electrons. The molecule has 2 saturated heterocycles. The third kappa shape index (κ3) is 16.5. The molecule has 0 aliphatic carbocycles. The molecule has 2 fully saturated rings. The molecule has 2 heterocycles. The van der Waals surface area contributed by atoms with Crippen LogP contribution in [0.15, 0.2) is 24.3 Å². The zero-order chi connectivity index (χ0) is 38.3. The van der Waals surface area contributed by atoms with Gasteiger partial charge in [-0.15, -0.1) is 0 Å². The summed E-state index contributed by atoms with van der Waals surface area (Å²) in [6.45, 7) is 2.59. The van der Waals surface area contributed by atoms with Crippen LogP contribution in [0, 0.1) is 0 Å². The maximum Gasteiger partial charge on any atom is 0.220 e. The van der Waals surface area contributed by atoms with E-state index in [4.69, 9.17) is 18.9 Å². The fourth-order valence-corrected chi connectivity index (χ4v) is 6.32. The van der Waals surface area contributed by atoms with Crippen LogP contribution in [0.2, 0.25) is 0 Å². The van der Waals surface area contributed by atoms with E-state index < -0.39 is 86.8 Å². The van der Waals surface area contributed by atoms with Crippen molar-refractivity contribution in [2.75, 3.05) is 19.8 Å². The molecule has 52 heavy (non-hydrogen) atoms. The van der Waals surface area contributed by atoms with Gasteiger partial charge >= 0.3 is 0 Å². The Hall–Kier alpha value is -1.53. The molecule has 2 aliphatic rings. The fraction of sp³-hybridized carbons (Fsp3) is 0.868. The fourth-order valence-electron chi connectivity index (χ4n) is 6.32. The standard InChI is InChI=1S/C38H69NO13/c1-3-5-7-8-9-10-11-12-13-14-15-16-17-18-20-22-30(43)39-26(27(42)21-19-6-4-2)25-49-37-35(48)33(46)36(29(24-41)51-37)52-38-34(47)32(45)31(44)28(23-40)50-38/h9-10,12-13,26-29,31-38,40-42,44-48H,3-8,11,14-25H2,1-2H3,(H,39,43)/b10-9-,13-12-. The SMILES string of the molecule is CCCCC/C=C\C/C=C\CCCCCCCC(=O)NC(COC1OC(CO)C(OC2OC(CO)C(O)C(O)C2O)C(O)C1O)C(O)CCCCC. The second-order valence-corrected chi connectivity index (χ2v) is 14.1. The lowest BCUT2D eigenvalue weighted by Gasteiger charge is -2.46. The van der Waals surface area contributed by atoms with Crippen LogP contribution in [0.3, 0.4) is 0 Å². The number of hydrogen-bond acceptors (Lipinski definition) is 13. The molecule has 12 unspecified atom stereocenters. The van der Waals surface area contributed by atoms with E-state index in [9.17, 15) is 45.6 Å². The normalized spacial score (nSPS) is 31.0. The lowest BCUT2D eigenvalue weighted by molar-refractivity contribution is -0.359. The largest absolute Gasteiger partial charge is 0.394 e. The van der Waals surface area contributed by atoms with E-state index >= 15 is 0 Å². The first-order valence-electron chi connectivity index (χ1n) is 19.6. The third-order valence-corrected chi connectivity index (χ3v) is 9.67. The van der Waals surface area contributed by atoms with Crippen molar-refractivity contribution < 1.29 is 64.6 Å². The zero-order valence-electron chi connectivity index (χ0n) is 31.3. The highest BCUT2D eigenvalue weighted by Gasteiger charge is 2.50. The molecule has 2 aliphatic heterocycles. The molecule has 0 saturated carbocycles. The Bertz CT molecular complexity index is 983. The van der Waals surface area contributed by atoms with Gasteiger partial charge in [-0.2, -0.15) is 0 Å². The summed E-state index contributed by atoms with van der Waals surface area (Å²) in [5.41, 5.74) is 0. The molecule has 1 amide bonds.